The van der Waals surface area contributed by atoms with E-state index in [0.29, 0.717) is 17.6 Å². The number of fused-ring (bicyclic) bond motifs is 4. The fraction of sp³-hybridized carbons (Fsp3) is 0.714. The zero-order chi connectivity index (χ0) is 16.4. The van der Waals surface area contributed by atoms with Gasteiger partial charge in [0.15, 0.2) is 5.78 Å². The van der Waals surface area contributed by atoms with E-state index < -0.39 is 0 Å². The Labute approximate surface area is 139 Å². The van der Waals surface area contributed by atoms with Crippen molar-refractivity contribution in [2.45, 2.75) is 59.3 Å². The van der Waals surface area contributed by atoms with Crippen LogP contribution in [0, 0.1) is 34.5 Å². The van der Waals surface area contributed by atoms with Crippen molar-refractivity contribution >= 4 is 11.6 Å². The average Bonchev–Trinajstić information content (AvgIpc) is 3.02. The molecule has 1 spiro atoms. The maximum absolute atomic E-state index is 12.1. The van der Waals surface area contributed by atoms with Crippen molar-refractivity contribution in [3.8, 4) is 0 Å². The molecule has 124 valence electrons. The number of ketones is 2. The van der Waals surface area contributed by atoms with Crippen LogP contribution in [0.25, 0.3) is 0 Å². The van der Waals surface area contributed by atoms with Gasteiger partial charge in [0.1, 0.15) is 5.78 Å². The summed E-state index contributed by atoms with van der Waals surface area (Å²) in [6, 6.07) is 0. The van der Waals surface area contributed by atoms with Gasteiger partial charge in [-0.15, -0.1) is 0 Å². The summed E-state index contributed by atoms with van der Waals surface area (Å²) in [6.45, 7) is 6.34. The fourth-order valence-electron chi connectivity index (χ4n) is 7.04. The van der Waals surface area contributed by atoms with Gasteiger partial charge in [0.25, 0.3) is 0 Å². The van der Waals surface area contributed by atoms with Crippen LogP contribution in [-0.2, 0) is 9.59 Å². The van der Waals surface area contributed by atoms with Crippen molar-refractivity contribution < 1.29 is 9.59 Å². The molecule has 2 heteroatoms. The summed E-state index contributed by atoms with van der Waals surface area (Å²) in [7, 11) is 0. The van der Waals surface area contributed by atoms with Crippen molar-refractivity contribution in [2.75, 3.05) is 0 Å². The highest BCUT2D eigenvalue weighted by Gasteiger charge is 2.60. The Balaban J connectivity index is 1.67. The molecule has 0 aliphatic heterocycles. The van der Waals surface area contributed by atoms with Gasteiger partial charge in [0, 0.05) is 11.3 Å². The predicted octanol–water partition coefficient (Wildman–Crippen LogP) is 4.50. The summed E-state index contributed by atoms with van der Waals surface area (Å²) in [5.74, 6) is 2.94. The van der Waals surface area contributed by atoms with Crippen LogP contribution in [0.3, 0.4) is 0 Å². The molecule has 0 aromatic rings. The number of carbonyl (C=O) groups is 2. The Kier molecular flexibility index (Phi) is 3.28. The fourth-order valence-corrected chi connectivity index (χ4v) is 7.04. The predicted molar refractivity (Wildman–Crippen MR) is 90.8 cm³/mol. The van der Waals surface area contributed by atoms with Crippen LogP contribution in [-0.4, -0.2) is 11.6 Å². The molecule has 6 unspecified atom stereocenters. The second-order valence-corrected chi connectivity index (χ2v) is 8.80. The number of allylic oxidation sites excluding steroid dienone is 4. The summed E-state index contributed by atoms with van der Waals surface area (Å²) in [4.78, 5) is 23.8. The third kappa shape index (κ3) is 1.93. The number of carbonyl (C=O) groups excluding carboxylic acids is 2. The number of Topliss-reactive ketones (excluding diaryl/α,β-unsaturated/α-hetero) is 1. The van der Waals surface area contributed by atoms with Crippen molar-refractivity contribution in [1.29, 1.82) is 0 Å². The molecule has 4 rings (SSSR count). The Morgan fingerprint density at radius 2 is 1.91 bits per heavy atom. The van der Waals surface area contributed by atoms with E-state index in [1.807, 2.05) is 6.08 Å². The second kappa shape index (κ2) is 4.91. The highest BCUT2D eigenvalue weighted by Crippen LogP contribution is 2.67. The Bertz CT molecular complexity index is 628. The van der Waals surface area contributed by atoms with Gasteiger partial charge >= 0.3 is 0 Å². The van der Waals surface area contributed by atoms with E-state index in [1.54, 1.807) is 13.0 Å². The lowest BCUT2D eigenvalue weighted by Crippen LogP contribution is -2.44. The number of hydrogen-bond acceptors (Lipinski definition) is 2. The number of hydrogen-bond donors (Lipinski definition) is 0. The van der Waals surface area contributed by atoms with Crippen LogP contribution in [0.2, 0.25) is 0 Å². The Morgan fingerprint density at radius 3 is 2.61 bits per heavy atom. The zero-order valence-electron chi connectivity index (χ0n) is 14.6. The lowest BCUT2D eigenvalue weighted by atomic mass is 9.54. The third-order valence-corrected chi connectivity index (χ3v) is 8.12. The van der Waals surface area contributed by atoms with Gasteiger partial charge in [-0.1, -0.05) is 18.6 Å². The first-order chi connectivity index (χ1) is 10.9. The normalized spacial score (nSPS) is 48.3. The monoisotopic (exact) mass is 312 g/mol. The van der Waals surface area contributed by atoms with Gasteiger partial charge in [-0.3, -0.25) is 9.59 Å². The van der Waals surface area contributed by atoms with Gasteiger partial charge in [0.05, 0.1) is 0 Å². The maximum atomic E-state index is 12.1. The van der Waals surface area contributed by atoms with Gasteiger partial charge in [0.2, 0.25) is 0 Å². The lowest BCUT2D eigenvalue weighted by Gasteiger charge is -2.50. The molecular formula is C21H28O2. The molecule has 0 radical (unpaired) electrons. The molecule has 0 aromatic carbocycles. The summed E-state index contributed by atoms with van der Waals surface area (Å²) in [5, 5.41) is 0. The van der Waals surface area contributed by atoms with Crippen LogP contribution in [0.4, 0.5) is 0 Å². The molecule has 0 bridgehead atoms. The summed E-state index contributed by atoms with van der Waals surface area (Å²) >= 11 is 0. The largest absolute Gasteiger partial charge is 0.300 e. The van der Waals surface area contributed by atoms with E-state index >= 15 is 0 Å². The zero-order valence-corrected chi connectivity index (χ0v) is 14.6. The van der Waals surface area contributed by atoms with E-state index in [4.69, 9.17) is 0 Å². The smallest absolute Gasteiger partial charge is 0.178 e. The summed E-state index contributed by atoms with van der Waals surface area (Å²) in [6.07, 6.45) is 13.1. The first kappa shape index (κ1) is 15.4. The van der Waals surface area contributed by atoms with Crippen LogP contribution in [0.5, 0.6) is 0 Å². The SMILES string of the molecule is CC(=O)C1CCC2C3CCC4(C=CC(=O)C=C4C)C3CCC12C. The quantitative estimate of drug-likeness (QED) is 0.714. The van der Waals surface area contributed by atoms with E-state index in [9.17, 15) is 9.59 Å². The average molecular weight is 312 g/mol. The number of rotatable bonds is 1. The molecule has 0 N–H and O–H groups in total. The van der Waals surface area contributed by atoms with Gasteiger partial charge in [-0.2, -0.15) is 0 Å². The summed E-state index contributed by atoms with van der Waals surface area (Å²) < 4.78 is 0. The Morgan fingerprint density at radius 1 is 1.13 bits per heavy atom. The molecule has 3 saturated carbocycles. The highest BCUT2D eigenvalue weighted by molar-refractivity contribution is 6.01. The molecule has 4 aliphatic rings. The first-order valence-electron chi connectivity index (χ1n) is 9.31. The second-order valence-electron chi connectivity index (χ2n) is 8.80. The molecule has 0 amide bonds. The topological polar surface area (TPSA) is 34.1 Å². The Hall–Kier alpha value is -1.18. The van der Waals surface area contributed by atoms with E-state index in [0.717, 1.165) is 12.3 Å². The molecule has 23 heavy (non-hydrogen) atoms. The molecular weight excluding hydrogens is 284 g/mol. The van der Waals surface area contributed by atoms with Crippen LogP contribution in [0.15, 0.2) is 23.8 Å². The van der Waals surface area contributed by atoms with Crippen molar-refractivity contribution in [3.63, 3.8) is 0 Å². The molecule has 4 aliphatic carbocycles. The van der Waals surface area contributed by atoms with Crippen molar-refractivity contribution in [1.82, 2.24) is 0 Å². The minimum atomic E-state index is 0.133. The lowest BCUT2D eigenvalue weighted by molar-refractivity contribution is -0.126. The minimum absolute atomic E-state index is 0.133. The summed E-state index contributed by atoms with van der Waals surface area (Å²) in [5.41, 5.74) is 1.64. The minimum Gasteiger partial charge on any atom is -0.300 e. The van der Waals surface area contributed by atoms with Gasteiger partial charge < -0.3 is 0 Å². The molecule has 0 heterocycles. The van der Waals surface area contributed by atoms with Gasteiger partial charge in [-0.25, -0.2) is 0 Å². The molecule has 3 fully saturated rings. The van der Waals surface area contributed by atoms with Gasteiger partial charge in [-0.05, 0) is 87.7 Å². The van der Waals surface area contributed by atoms with Crippen LogP contribution in [0.1, 0.15) is 59.3 Å². The van der Waals surface area contributed by atoms with Crippen LogP contribution < -0.4 is 0 Å². The third-order valence-electron chi connectivity index (χ3n) is 8.12. The van der Waals surface area contributed by atoms with E-state index in [1.165, 1.54) is 37.7 Å². The molecule has 0 saturated heterocycles. The highest BCUT2D eigenvalue weighted by atomic mass is 16.1. The standard InChI is InChI=1S/C21H28O2/c1-13-12-15(23)6-10-21(13)11-7-16-18-5-4-17(14(2)22)20(18,3)9-8-19(16)21/h6,10,12,16-19H,4-5,7-9,11H2,1-3H3. The molecule has 0 aromatic heterocycles. The van der Waals surface area contributed by atoms with E-state index in [2.05, 4.69) is 19.9 Å². The van der Waals surface area contributed by atoms with E-state index in [-0.39, 0.29) is 22.5 Å². The molecule has 6 atom stereocenters. The van der Waals surface area contributed by atoms with Crippen molar-refractivity contribution in [2.24, 2.45) is 34.5 Å². The maximum Gasteiger partial charge on any atom is 0.178 e. The van der Waals surface area contributed by atoms with Crippen molar-refractivity contribution in [3.05, 3.63) is 23.8 Å². The van der Waals surface area contributed by atoms with Crippen LogP contribution >= 0.6 is 0 Å². The molecule has 2 nitrogen and oxygen atoms in total. The first-order valence-corrected chi connectivity index (χ1v) is 9.31.